The molecule has 0 spiro atoms. The van der Waals surface area contributed by atoms with Gasteiger partial charge in [0.2, 0.25) is 0 Å². The SMILES string of the molecule is ClC1CC(CNc2ccnc3cc(Br)cnc23)C1. The van der Waals surface area contributed by atoms with Crippen molar-refractivity contribution in [1.82, 2.24) is 9.97 Å². The van der Waals surface area contributed by atoms with Crippen molar-refractivity contribution >= 4 is 44.3 Å². The Balaban J connectivity index is 1.79. The van der Waals surface area contributed by atoms with Crippen LogP contribution in [0.1, 0.15) is 12.8 Å². The summed E-state index contributed by atoms with van der Waals surface area (Å²) in [5.74, 6) is 0.686. The van der Waals surface area contributed by atoms with Crippen LogP contribution in [0.15, 0.2) is 29.0 Å². The zero-order chi connectivity index (χ0) is 12.5. The molecule has 1 N–H and O–H groups in total. The summed E-state index contributed by atoms with van der Waals surface area (Å²) in [6.07, 6.45) is 5.82. The van der Waals surface area contributed by atoms with E-state index in [0.717, 1.165) is 40.6 Å². The zero-order valence-corrected chi connectivity index (χ0v) is 12.1. The number of rotatable bonds is 3. The molecule has 0 radical (unpaired) electrons. The Morgan fingerprint density at radius 2 is 2.22 bits per heavy atom. The first kappa shape index (κ1) is 12.2. The Morgan fingerprint density at radius 3 is 3.00 bits per heavy atom. The molecule has 3 rings (SSSR count). The van der Waals surface area contributed by atoms with Crippen molar-refractivity contribution in [2.75, 3.05) is 11.9 Å². The number of nitrogens with one attached hydrogen (secondary N) is 1. The van der Waals surface area contributed by atoms with Gasteiger partial charge >= 0.3 is 0 Å². The van der Waals surface area contributed by atoms with E-state index in [1.165, 1.54) is 0 Å². The quantitative estimate of drug-likeness (QED) is 0.871. The van der Waals surface area contributed by atoms with Gasteiger partial charge in [0.25, 0.3) is 0 Å². The highest BCUT2D eigenvalue weighted by Gasteiger charge is 2.26. The van der Waals surface area contributed by atoms with Crippen molar-refractivity contribution in [3.8, 4) is 0 Å². The fourth-order valence-electron chi connectivity index (χ4n) is 2.22. The molecule has 0 atom stereocenters. The topological polar surface area (TPSA) is 37.8 Å². The molecule has 1 fully saturated rings. The van der Waals surface area contributed by atoms with Crippen LogP contribution in [0.4, 0.5) is 5.69 Å². The lowest BCUT2D eigenvalue weighted by Gasteiger charge is -2.31. The predicted octanol–water partition coefficient (Wildman–Crippen LogP) is 3.82. The van der Waals surface area contributed by atoms with Crippen molar-refractivity contribution in [3.63, 3.8) is 0 Å². The van der Waals surface area contributed by atoms with Gasteiger partial charge in [-0.15, -0.1) is 11.6 Å². The van der Waals surface area contributed by atoms with Gasteiger partial charge in [-0.25, -0.2) is 0 Å². The van der Waals surface area contributed by atoms with E-state index in [-0.39, 0.29) is 0 Å². The molecule has 18 heavy (non-hydrogen) atoms. The van der Waals surface area contributed by atoms with Gasteiger partial charge in [-0.05, 0) is 46.8 Å². The van der Waals surface area contributed by atoms with E-state index >= 15 is 0 Å². The van der Waals surface area contributed by atoms with Crippen molar-refractivity contribution < 1.29 is 0 Å². The van der Waals surface area contributed by atoms with Crippen molar-refractivity contribution in [3.05, 3.63) is 29.0 Å². The third-order valence-electron chi connectivity index (χ3n) is 3.30. The van der Waals surface area contributed by atoms with E-state index in [9.17, 15) is 0 Å². The van der Waals surface area contributed by atoms with Crippen molar-refractivity contribution in [1.29, 1.82) is 0 Å². The molecular formula is C13H13BrClN3. The van der Waals surface area contributed by atoms with Gasteiger partial charge in [0.15, 0.2) is 0 Å². The smallest absolute Gasteiger partial charge is 0.112 e. The number of alkyl halides is 1. The summed E-state index contributed by atoms with van der Waals surface area (Å²) < 4.78 is 0.948. The molecular weight excluding hydrogens is 314 g/mol. The molecule has 1 aliphatic carbocycles. The lowest BCUT2D eigenvalue weighted by atomic mass is 9.85. The molecule has 0 aromatic carbocycles. The molecule has 2 heterocycles. The predicted molar refractivity (Wildman–Crippen MR) is 78.1 cm³/mol. The van der Waals surface area contributed by atoms with Crippen LogP contribution >= 0.6 is 27.5 Å². The van der Waals surface area contributed by atoms with E-state index in [4.69, 9.17) is 11.6 Å². The minimum absolute atomic E-state index is 0.375. The fourth-order valence-corrected chi connectivity index (χ4v) is 3.05. The molecule has 1 saturated carbocycles. The number of fused-ring (bicyclic) bond motifs is 1. The molecule has 0 aliphatic heterocycles. The van der Waals surface area contributed by atoms with Crippen LogP contribution in [0.3, 0.4) is 0 Å². The Bertz CT molecular complexity index is 569. The van der Waals surface area contributed by atoms with Gasteiger partial charge < -0.3 is 5.32 Å². The lowest BCUT2D eigenvalue weighted by molar-refractivity contribution is 0.341. The number of anilines is 1. The summed E-state index contributed by atoms with van der Waals surface area (Å²) in [5.41, 5.74) is 2.87. The summed E-state index contributed by atoms with van der Waals surface area (Å²) in [4.78, 5) is 8.74. The van der Waals surface area contributed by atoms with E-state index in [2.05, 4.69) is 31.2 Å². The average Bonchev–Trinajstić information content (AvgIpc) is 2.32. The van der Waals surface area contributed by atoms with E-state index in [1.807, 2.05) is 18.3 Å². The molecule has 3 nitrogen and oxygen atoms in total. The third-order valence-corrected chi connectivity index (χ3v) is 4.09. The van der Waals surface area contributed by atoms with Gasteiger partial charge in [0, 0.05) is 28.8 Å². The maximum absolute atomic E-state index is 5.98. The van der Waals surface area contributed by atoms with Gasteiger partial charge in [-0.2, -0.15) is 0 Å². The minimum atomic E-state index is 0.375. The summed E-state index contributed by atoms with van der Waals surface area (Å²) in [6.45, 7) is 0.958. The second-order valence-corrected chi connectivity index (χ2v) is 6.23. The normalized spacial score (nSPS) is 22.8. The molecule has 0 saturated heterocycles. The first-order valence-electron chi connectivity index (χ1n) is 6.00. The molecule has 2 aromatic heterocycles. The average molecular weight is 327 g/mol. The Hall–Kier alpha value is -0.870. The number of aromatic nitrogens is 2. The standard InChI is InChI=1S/C13H13BrClN3/c14-9-5-12-13(18-7-9)11(1-2-16-12)17-6-8-3-10(15)4-8/h1-2,5,7-8,10H,3-4,6H2,(H,16,17). The summed E-state index contributed by atoms with van der Waals surface area (Å²) in [6, 6.07) is 3.95. The Morgan fingerprint density at radius 1 is 1.39 bits per heavy atom. The maximum Gasteiger partial charge on any atom is 0.112 e. The van der Waals surface area contributed by atoms with Gasteiger partial charge in [0.1, 0.15) is 5.52 Å². The zero-order valence-electron chi connectivity index (χ0n) is 9.74. The number of halogens is 2. The maximum atomic E-state index is 5.98. The molecule has 1 aliphatic rings. The van der Waals surface area contributed by atoms with Crippen LogP contribution in [0.5, 0.6) is 0 Å². The van der Waals surface area contributed by atoms with Crippen molar-refractivity contribution in [2.24, 2.45) is 5.92 Å². The monoisotopic (exact) mass is 325 g/mol. The second-order valence-electron chi connectivity index (χ2n) is 4.70. The fraction of sp³-hybridized carbons (Fsp3) is 0.385. The van der Waals surface area contributed by atoms with Crippen LogP contribution in [-0.2, 0) is 0 Å². The first-order valence-corrected chi connectivity index (χ1v) is 7.23. The van der Waals surface area contributed by atoms with Gasteiger partial charge in [0.05, 0.1) is 11.2 Å². The summed E-state index contributed by atoms with van der Waals surface area (Å²) >= 11 is 9.39. The van der Waals surface area contributed by atoms with Crippen LogP contribution in [0, 0.1) is 5.92 Å². The van der Waals surface area contributed by atoms with Gasteiger partial charge in [-0.1, -0.05) is 0 Å². The minimum Gasteiger partial charge on any atom is -0.383 e. The second kappa shape index (κ2) is 5.02. The molecule has 0 bridgehead atoms. The first-order chi connectivity index (χ1) is 8.72. The van der Waals surface area contributed by atoms with E-state index < -0.39 is 0 Å². The number of pyridine rings is 2. The molecule has 2 aromatic rings. The number of hydrogen-bond donors (Lipinski definition) is 1. The van der Waals surface area contributed by atoms with Crippen LogP contribution in [-0.4, -0.2) is 21.9 Å². The Kier molecular flexibility index (Phi) is 3.39. The van der Waals surface area contributed by atoms with Crippen molar-refractivity contribution in [2.45, 2.75) is 18.2 Å². The van der Waals surface area contributed by atoms with Crippen LogP contribution in [0.25, 0.3) is 11.0 Å². The summed E-state index contributed by atoms with van der Waals surface area (Å²) in [7, 11) is 0. The van der Waals surface area contributed by atoms with E-state index in [0.29, 0.717) is 11.3 Å². The highest BCUT2D eigenvalue weighted by Crippen LogP contribution is 2.32. The highest BCUT2D eigenvalue weighted by atomic mass is 79.9. The lowest BCUT2D eigenvalue weighted by Crippen LogP contribution is -2.29. The summed E-state index contributed by atoms with van der Waals surface area (Å²) in [5, 5.41) is 3.83. The van der Waals surface area contributed by atoms with Crippen LogP contribution < -0.4 is 5.32 Å². The molecule has 0 unspecified atom stereocenters. The highest BCUT2D eigenvalue weighted by molar-refractivity contribution is 9.10. The third kappa shape index (κ3) is 2.45. The van der Waals surface area contributed by atoms with Crippen LogP contribution in [0.2, 0.25) is 0 Å². The largest absolute Gasteiger partial charge is 0.383 e. The Labute approximate surface area is 119 Å². The molecule has 5 heteroatoms. The number of nitrogens with zero attached hydrogens (tertiary/aromatic N) is 2. The number of hydrogen-bond acceptors (Lipinski definition) is 3. The van der Waals surface area contributed by atoms with E-state index in [1.54, 1.807) is 6.20 Å². The molecule has 94 valence electrons. The van der Waals surface area contributed by atoms with Gasteiger partial charge in [-0.3, -0.25) is 9.97 Å². The molecule has 0 amide bonds.